The van der Waals surface area contributed by atoms with Crippen molar-refractivity contribution in [2.75, 3.05) is 10.6 Å². The first-order valence-corrected chi connectivity index (χ1v) is 12.4. The quantitative estimate of drug-likeness (QED) is 0.258. The van der Waals surface area contributed by atoms with Gasteiger partial charge in [-0.05, 0) is 72.8 Å². The summed E-state index contributed by atoms with van der Waals surface area (Å²) in [5.74, 6) is -0.522. The summed E-state index contributed by atoms with van der Waals surface area (Å²) in [5, 5.41) is 5.86. The minimum absolute atomic E-state index is 0.0258. The number of amides is 3. The second kappa shape index (κ2) is 10.3. The van der Waals surface area contributed by atoms with Gasteiger partial charge in [0.15, 0.2) is 5.76 Å². The molecule has 2 N–H and O–H groups in total. The molecule has 1 aliphatic rings. The van der Waals surface area contributed by atoms with Crippen LogP contribution in [0.25, 0.3) is 0 Å². The lowest BCUT2D eigenvalue weighted by Crippen LogP contribution is -2.31. The van der Waals surface area contributed by atoms with Crippen molar-refractivity contribution in [1.82, 2.24) is 4.90 Å². The first-order chi connectivity index (χ1) is 17.5. The summed E-state index contributed by atoms with van der Waals surface area (Å²) < 4.78 is 11.3. The molecule has 0 radical (unpaired) electrons. The van der Waals surface area contributed by atoms with E-state index < -0.39 is 11.8 Å². The van der Waals surface area contributed by atoms with Gasteiger partial charge in [0, 0.05) is 20.7 Å². The predicted octanol–water partition coefficient (Wildman–Crippen LogP) is 5.87. The van der Waals surface area contributed by atoms with Gasteiger partial charge in [-0.1, -0.05) is 27.7 Å². The molecule has 10 heteroatoms. The summed E-state index contributed by atoms with van der Waals surface area (Å²) in [4.78, 5) is 40.9. The summed E-state index contributed by atoms with van der Waals surface area (Å²) in [7, 11) is 0. The van der Waals surface area contributed by atoms with Crippen molar-refractivity contribution in [2.24, 2.45) is 0 Å². The third-order valence-electron chi connectivity index (χ3n) is 5.21. The second-order valence-corrected chi connectivity index (χ2v) is 9.67. The maximum Gasteiger partial charge on any atom is 0.291 e. The van der Waals surface area contributed by atoms with Crippen LogP contribution in [-0.4, -0.2) is 22.6 Å². The van der Waals surface area contributed by atoms with E-state index >= 15 is 0 Å². The highest BCUT2D eigenvalue weighted by Crippen LogP contribution is 2.37. The molecule has 0 bridgehead atoms. The van der Waals surface area contributed by atoms with Gasteiger partial charge in [-0.15, -0.1) is 0 Å². The Morgan fingerprint density at radius 2 is 1.56 bits per heavy atom. The van der Waals surface area contributed by atoms with Crippen molar-refractivity contribution in [3.05, 3.63) is 112 Å². The Balaban J connectivity index is 1.38. The average molecular weight is 564 g/mol. The van der Waals surface area contributed by atoms with Gasteiger partial charge in [0.1, 0.15) is 16.4 Å². The van der Waals surface area contributed by atoms with Crippen molar-refractivity contribution in [1.29, 1.82) is 0 Å². The van der Waals surface area contributed by atoms with Crippen molar-refractivity contribution < 1.29 is 23.2 Å². The number of imide groups is 1. The Hall–Kier alpha value is -4.02. The monoisotopic (exact) mass is 563 g/mol. The van der Waals surface area contributed by atoms with Gasteiger partial charge in [0.05, 0.1) is 19.1 Å². The molecule has 1 aliphatic heterocycles. The maximum atomic E-state index is 13.3. The van der Waals surface area contributed by atoms with E-state index in [4.69, 9.17) is 8.83 Å². The van der Waals surface area contributed by atoms with Crippen LogP contribution in [0, 0.1) is 0 Å². The number of hydrogen-bond acceptors (Lipinski definition) is 7. The lowest BCUT2D eigenvalue weighted by Gasteiger charge is -2.13. The van der Waals surface area contributed by atoms with Crippen LogP contribution in [-0.2, 0) is 16.1 Å². The molecule has 3 heterocycles. The van der Waals surface area contributed by atoms with E-state index in [0.29, 0.717) is 17.1 Å². The molecule has 2 aromatic carbocycles. The van der Waals surface area contributed by atoms with Crippen LogP contribution in [0.15, 0.2) is 114 Å². The lowest BCUT2D eigenvalue weighted by molar-refractivity contribution is -0.138. The molecule has 0 unspecified atom stereocenters. The fourth-order valence-electron chi connectivity index (χ4n) is 3.46. The zero-order valence-electron chi connectivity index (χ0n) is 18.6. The van der Waals surface area contributed by atoms with Gasteiger partial charge >= 0.3 is 0 Å². The van der Waals surface area contributed by atoms with E-state index in [9.17, 15) is 14.4 Å². The molecule has 5 rings (SSSR count). The van der Waals surface area contributed by atoms with Crippen LogP contribution in [0.4, 0.5) is 11.4 Å². The van der Waals surface area contributed by atoms with Crippen LogP contribution in [0.1, 0.15) is 16.3 Å². The molecule has 0 fully saturated rings. The number of nitrogens with one attached hydrogen (secondary N) is 2. The number of anilines is 2. The summed E-state index contributed by atoms with van der Waals surface area (Å²) in [5.41, 5.74) is 1.42. The third-order valence-corrected chi connectivity index (χ3v) is 6.83. The Bertz CT molecular complexity index is 1430. The molecule has 36 heavy (non-hydrogen) atoms. The Morgan fingerprint density at radius 3 is 2.22 bits per heavy atom. The van der Waals surface area contributed by atoms with Gasteiger partial charge in [-0.3, -0.25) is 19.3 Å². The normalized spacial score (nSPS) is 13.4. The van der Waals surface area contributed by atoms with Crippen LogP contribution in [0.3, 0.4) is 0 Å². The van der Waals surface area contributed by atoms with Crippen LogP contribution >= 0.6 is 27.7 Å². The number of furan rings is 2. The van der Waals surface area contributed by atoms with Crippen molar-refractivity contribution in [2.45, 2.75) is 11.4 Å². The first kappa shape index (κ1) is 23.7. The molecule has 0 spiro atoms. The van der Waals surface area contributed by atoms with Crippen LogP contribution in [0.2, 0.25) is 0 Å². The van der Waals surface area contributed by atoms with E-state index in [1.807, 2.05) is 24.3 Å². The van der Waals surface area contributed by atoms with E-state index in [1.54, 1.807) is 48.5 Å². The van der Waals surface area contributed by atoms with Crippen molar-refractivity contribution in [3.8, 4) is 0 Å². The Morgan fingerprint density at radius 1 is 0.861 bits per heavy atom. The highest BCUT2D eigenvalue weighted by Gasteiger charge is 2.39. The summed E-state index contributed by atoms with van der Waals surface area (Å²) in [6, 6.07) is 20.9. The number of nitrogens with zero attached hydrogens (tertiary/aromatic N) is 1. The number of rotatable bonds is 8. The molecule has 2 aromatic heterocycles. The van der Waals surface area contributed by atoms with Gasteiger partial charge in [-0.2, -0.15) is 0 Å². The standard InChI is InChI=1S/C26H18BrN3O5S/c27-16-5-7-17(8-6-16)28-22-23(26(33)30(25(22)32)15-19-3-1-13-34-19)36-20-11-9-18(10-12-20)29-24(31)21-4-2-14-35-21/h1-14,28H,15H2,(H,29,31). The fourth-order valence-corrected chi connectivity index (χ4v) is 4.67. The van der Waals surface area contributed by atoms with Crippen LogP contribution < -0.4 is 10.6 Å². The summed E-state index contributed by atoms with van der Waals surface area (Å²) >= 11 is 4.56. The molecule has 0 saturated heterocycles. The molecule has 180 valence electrons. The SMILES string of the molecule is O=C(Nc1ccc(SC2=C(Nc3ccc(Br)cc3)C(=O)N(Cc3ccco3)C2=O)cc1)c1ccco1. The Kier molecular flexibility index (Phi) is 6.79. The van der Waals surface area contributed by atoms with Crippen molar-refractivity contribution >= 4 is 56.8 Å². The zero-order valence-corrected chi connectivity index (χ0v) is 21.0. The molecule has 0 aliphatic carbocycles. The highest BCUT2D eigenvalue weighted by atomic mass is 79.9. The number of carbonyl (C=O) groups is 3. The molecular weight excluding hydrogens is 546 g/mol. The van der Waals surface area contributed by atoms with Crippen molar-refractivity contribution in [3.63, 3.8) is 0 Å². The number of carbonyl (C=O) groups excluding carboxylic acids is 3. The molecule has 0 saturated carbocycles. The molecule has 8 nitrogen and oxygen atoms in total. The van der Waals surface area contributed by atoms with Gasteiger partial charge in [0.2, 0.25) is 0 Å². The van der Waals surface area contributed by atoms with Gasteiger partial charge < -0.3 is 19.5 Å². The largest absolute Gasteiger partial charge is 0.467 e. The predicted molar refractivity (Wildman–Crippen MR) is 138 cm³/mol. The second-order valence-electron chi connectivity index (χ2n) is 7.67. The van der Waals surface area contributed by atoms with E-state index in [1.165, 1.54) is 24.3 Å². The molecule has 3 amide bonds. The van der Waals surface area contributed by atoms with Gasteiger partial charge in [-0.25, -0.2) is 0 Å². The van der Waals surface area contributed by atoms with Crippen LogP contribution in [0.5, 0.6) is 0 Å². The molecular formula is C26H18BrN3O5S. The minimum atomic E-state index is -0.441. The third kappa shape index (κ3) is 5.14. The smallest absolute Gasteiger partial charge is 0.291 e. The number of thioether (sulfide) groups is 1. The summed E-state index contributed by atoms with van der Waals surface area (Å²) in [6.45, 7) is 0.0258. The van der Waals surface area contributed by atoms with Gasteiger partial charge in [0.25, 0.3) is 17.7 Å². The maximum absolute atomic E-state index is 13.3. The lowest BCUT2D eigenvalue weighted by atomic mass is 10.3. The summed E-state index contributed by atoms with van der Waals surface area (Å²) in [6.07, 6.45) is 2.92. The number of hydrogen-bond donors (Lipinski definition) is 2. The van der Waals surface area contributed by atoms with E-state index in [-0.39, 0.29) is 28.8 Å². The Labute approximate surface area is 218 Å². The number of halogens is 1. The van der Waals surface area contributed by atoms with E-state index in [2.05, 4.69) is 26.6 Å². The highest BCUT2D eigenvalue weighted by molar-refractivity contribution is 9.10. The minimum Gasteiger partial charge on any atom is -0.467 e. The number of benzene rings is 2. The fraction of sp³-hybridized carbons (Fsp3) is 0.0385. The first-order valence-electron chi connectivity index (χ1n) is 10.8. The zero-order chi connectivity index (χ0) is 25.1. The molecule has 0 atom stereocenters. The topological polar surface area (TPSA) is 105 Å². The average Bonchev–Trinajstić information content (AvgIpc) is 3.64. The van der Waals surface area contributed by atoms with E-state index in [0.717, 1.165) is 14.3 Å². The molecule has 4 aromatic rings.